The van der Waals surface area contributed by atoms with Crippen LogP contribution in [-0.4, -0.2) is 44.0 Å². The van der Waals surface area contributed by atoms with Gasteiger partial charge >= 0.3 is 6.03 Å². The fourth-order valence-electron chi connectivity index (χ4n) is 2.36. The lowest BCUT2D eigenvalue weighted by Gasteiger charge is -2.34. The number of amides is 2. The second kappa shape index (κ2) is 6.13. The highest BCUT2D eigenvalue weighted by Crippen LogP contribution is 2.32. The van der Waals surface area contributed by atoms with E-state index in [-0.39, 0.29) is 25.3 Å². The highest BCUT2D eigenvalue weighted by molar-refractivity contribution is 5.94. The molecule has 2 rings (SSSR count). The van der Waals surface area contributed by atoms with Gasteiger partial charge in [-0.1, -0.05) is 19.0 Å². The molecule has 0 aromatic carbocycles. The number of urea groups is 1. The molecule has 0 aliphatic carbocycles. The molecule has 0 spiro atoms. The van der Waals surface area contributed by atoms with Crippen molar-refractivity contribution in [1.82, 2.24) is 10.5 Å². The summed E-state index contributed by atoms with van der Waals surface area (Å²) in [5, 5.41) is 6.68. The summed E-state index contributed by atoms with van der Waals surface area (Å²) < 4.78 is 15.0. The van der Waals surface area contributed by atoms with Crippen LogP contribution < -0.4 is 10.2 Å². The first-order valence-corrected chi connectivity index (χ1v) is 6.56. The smallest absolute Gasteiger partial charge is 0.323 e. The van der Waals surface area contributed by atoms with E-state index in [2.05, 4.69) is 10.5 Å². The lowest BCUT2D eigenvalue weighted by atomic mass is 9.85. The van der Waals surface area contributed by atoms with Crippen LogP contribution in [0.1, 0.15) is 19.6 Å². The van der Waals surface area contributed by atoms with Crippen LogP contribution in [0, 0.1) is 5.41 Å². The molecule has 2 amide bonds. The van der Waals surface area contributed by atoms with Gasteiger partial charge in [0, 0.05) is 25.1 Å². The van der Waals surface area contributed by atoms with Crippen LogP contribution in [0.25, 0.3) is 0 Å². The Hall–Kier alpha value is -2.09. The Morgan fingerprint density at radius 2 is 2.38 bits per heavy atom. The number of nitrogens with one attached hydrogen (secondary N) is 1. The van der Waals surface area contributed by atoms with Crippen LogP contribution in [0.15, 0.2) is 10.6 Å². The normalized spacial score (nSPS) is 18.7. The largest absolute Gasteiger partial charge is 0.467 e. The molecule has 1 atom stereocenters. The molecule has 1 unspecified atom stereocenters. The van der Waals surface area contributed by atoms with E-state index in [0.717, 1.165) is 0 Å². The minimum absolute atomic E-state index is 0.203. The minimum atomic E-state index is -0.430. The molecule has 8 nitrogen and oxygen atoms in total. The molecule has 21 heavy (non-hydrogen) atoms. The van der Waals surface area contributed by atoms with Crippen molar-refractivity contribution in [3.8, 4) is 0 Å². The van der Waals surface area contributed by atoms with Gasteiger partial charge in [0.2, 0.25) is 0 Å². The van der Waals surface area contributed by atoms with Gasteiger partial charge in [-0.15, -0.1) is 0 Å². The van der Waals surface area contributed by atoms with Crippen molar-refractivity contribution in [2.24, 2.45) is 5.41 Å². The molecule has 0 saturated carbocycles. The third-order valence-electron chi connectivity index (χ3n) is 3.48. The topological polar surface area (TPSA) is 93.9 Å². The number of hydrogen-bond acceptors (Lipinski definition) is 6. The first-order chi connectivity index (χ1) is 9.99. The van der Waals surface area contributed by atoms with E-state index in [1.54, 1.807) is 13.2 Å². The van der Waals surface area contributed by atoms with E-state index < -0.39 is 5.41 Å². The highest BCUT2D eigenvalue weighted by atomic mass is 16.5. The van der Waals surface area contributed by atoms with Crippen molar-refractivity contribution in [3.05, 3.63) is 11.8 Å². The maximum Gasteiger partial charge on any atom is 0.323 e. The third kappa shape index (κ3) is 3.15. The highest BCUT2D eigenvalue weighted by Gasteiger charge is 2.43. The van der Waals surface area contributed by atoms with Gasteiger partial charge in [-0.3, -0.25) is 9.69 Å². The molecule has 1 fully saturated rings. The van der Waals surface area contributed by atoms with Crippen molar-refractivity contribution in [1.29, 1.82) is 0 Å². The minimum Gasteiger partial charge on any atom is -0.467 e. The van der Waals surface area contributed by atoms with Gasteiger partial charge in [0.05, 0.1) is 12.6 Å². The SMILES string of the molecule is COCc1cc(N2C(=O)NCC2C(C)(C)COC=O)no1. The average Bonchev–Trinajstić information content (AvgIpc) is 3.03. The van der Waals surface area contributed by atoms with E-state index in [1.165, 1.54) is 4.90 Å². The molecule has 1 saturated heterocycles. The number of aromatic nitrogens is 1. The summed E-state index contributed by atoms with van der Waals surface area (Å²) in [7, 11) is 1.55. The van der Waals surface area contributed by atoms with Gasteiger partial charge < -0.3 is 19.3 Å². The maximum atomic E-state index is 12.1. The summed E-state index contributed by atoms with van der Waals surface area (Å²) in [6.07, 6.45) is 0. The second-order valence-corrected chi connectivity index (χ2v) is 5.55. The first kappa shape index (κ1) is 15.3. The van der Waals surface area contributed by atoms with Gasteiger partial charge in [-0.2, -0.15) is 0 Å². The van der Waals surface area contributed by atoms with Crippen LogP contribution in [-0.2, 0) is 20.9 Å². The Balaban J connectivity index is 2.21. The molecule has 8 heteroatoms. The van der Waals surface area contributed by atoms with Crippen molar-refractivity contribution in [2.75, 3.05) is 25.2 Å². The zero-order valence-electron chi connectivity index (χ0n) is 12.3. The van der Waals surface area contributed by atoms with Crippen molar-refractivity contribution < 1.29 is 23.6 Å². The first-order valence-electron chi connectivity index (χ1n) is 6.56. The summed E-state index contributed by atoms with van der Waals surface area (Å²) in [6.45, 7) is 5.18. The Kier molecular flexibility index (Phi) is 4.46. The van der Waals surface area contributed by atoms with Gasteiger partial charge in [-0.05, 0) is 0 Å². The quantitative estimate of drug-likeness (QED) is 0.752. The molecule has 1 aliphatic heterocycles. The molecule has 2 heterocycles. The standard InChI is InChI=1S/C13H19N3O5/c1-13(2,7-20-8-17)10-5-14-12(18)16(10)11-4-9(6-19-3)21-15-11/h4,8,10H,5-7H2,1-3H3,(H,14,18). The fraction of sp³-hybridized carbons (Fsp3) is 0.615. The molecular formula is C13H19N3O5. The summed E-state index contributed by atoms with van der Waals surface area (Å²) >= 11 is 0. The zero-order valence-corrected chi connectivity index (χ0v) is 12.3. The van der Waals surface area contributed by atoms with E-state index in [1.807, 2.05) is 13.8 Å². The number of carbonyl (C=O) groups is 2. The lowest BCUT2D eigenvalue weighted by Crippen LogP contribution is -2.46. The molecule has 0 radical (unpaired) electrons. The predicted molar refractivity (Wildman–Crippen MR) is 72.7 cm³/mol. The molecule has 0 bridgehead atoms. The number of methoxy groups -OCH3 is 1. The number of rotatable bonds is 7. The number of ether oxygens (including phenoxy) is 2. The molecule has 116 valence electrons. The molecular weight excluding hydrogens is 278 g/mol. The van der Waals surface area contributed by atoms with E-state index in [9.17, 15) is 9.59 Å². The number of nitrogens with zero attached hydrogens (tertiary/aromatic N) is 2. The summed E-state index contributed by atoms with van der Waals surface area (Å²) in [4.78, 5) is 24.0. The van der Waals surface area contributed by atoms with E-state index in [0.29, 0.717) is 24.6 Å². The maximum absolute atomic E-state index is 12.1. The Morgan fingerprint density at radius 3 is 3.05 bits per heavy atom. The number of anilines is 1. The van der Waals surface area contributed by atoms with Crippen LogP contribution >= 0.6 is 0 Å². The third-order valence-corrected chi connectivity index (χ3v) is 3.48. The average molecular weight is 297 g/mol. The summed E-state index contributed by atoms with van der Waals surface area (Å²) in [6, 6.07) is 1.21. The summed E-state index contributed by atoms with van der Waals surface area (Å²) in [5.41, 5.74) is -0.430. The predicted octanol–water partition coefficient (Wildman–Crippen LogP) is 0.918. The monoisotopic (exact) mass is 297 g/mol. The van der Waals surface area contributed by atoms with Gasteiger partial charge in [0.15, 0.2) is 11.6 Å². The molecule has 1 aromatic rings. The van der Waals surface area contributed by atoms with Crippen molar-refractivity contribution >= 4 is 18.3 Å². The summed E-state index contributed by atoms with van der Waals surface area (Å²) in [5.74, 6) is 0.953. The van der Waals surface area contributed by atoms with Crippen LogP contribution in [0.4, 0.5) is 10.6 Å². The van der Waals surface area contributed by atoms with Crippen molar-refractivity contribution in [3.63, 3.8) is 0 Å². The molecule has 1 N–H and O–H groups in total. The van der Waals surface area contributed by atoms with E-state index in [4.69, 9.17) is 14.0 Å². The molecule has 1 aromatic heterocycles. The number of hydrogen-bond donors (Lipinski definition) is 1. The van der Waals surface area contributed by atoms with Gasteiger partial charge in [0.1, 0.15) is 6.61 Å². The Bertz CT molecular complexity index is 514. The van der Waals surface area contributed by atoms with Crippen LogP contribution in [0.5, 0.6) is 0 Å². The Morgan fingerprint density at radius 1 is 1.62 bits per heavy atom. The van der Waals surface area contributed by atoms with Crippen LogP contribution in [0.3, 0.4) is 0 Å². The zero-order chi connectivity index (χ0) is 15.5. The van der Waals surface area contributed by atoms with Gasteiger partial charge in [0.25, 0.3) is 6.47 Å². The fourth-order valence-corrected chi connectivity index (χ4v) is 2.36. The Labute approximate surface area is 122 Å². The lowest BCUT2D eigenvalue weighted by molar-refractivity contribution is -0.131. The van der Waals surface area contributed by atoms with Crippen molar-refractivity contribution in [2.45, 2.75) is 26.5 Å². The van der Waals surface area contributed by atoms with Crippen LogP contribution in [0.2, 0.25) is 0 Å². The van der Waals surface area contributed by atoms with Gasteiger partial charge in [-0.25, -0.2) is 4.79 Å². The molecule has 1 aliphatic rings. The number of carbonyl (C=O) groups excluding carboxylic acids is 2. The second-order valence-electron chi connectivity index (χ2n) is 5.55. The van der Waals surface area contributed by atoms with E-state index >= 15 is 0 Å².